The number of amides is 1. The highest BCUT2D eigenvalue weighted by atomic mass is 16.2. The van der Waals surface area contributed by atoms with Crippen molar-refractivity contribution in [1.29, 1.82) is 0 Å². The molecule has 180 valence electrons. The molecular weight excluding hydrogens is 438 g/mol. The van der Waals surface area contributed by atoms with Crippen molar-refractivity contribution in [2.45, 2.75) is 45.9 Å². The maximum atomic E-state index is 13.3. The van der Waals surface area contributed by atoms with Gasteiger partial charge in [0.2, 0.25) is 0 Å². The van der Waals surface area contributed by atoms with Gasteiger partial charge in [-0.3, -0.25) is 24.0 Å². The third-order valence-corrected chi connectivity index (χ3v) is 6.55. The van der Waals surface area contributed by atoms with E-state index in [-0.39, 0.29) is 5.91 Å². The number of carbonyl (C=O) groups is 1. The van der Waals surface area contributed by atoms with Gasteiger partial charge in [-0.05, 0) is 31.0 Å². The third kappa shape index (κ3) is 5.33. The normalized spacial score (nSPS) is 13.5. The van der Waals surface area contributed by atoms with Crippen LogP contribution in [0.2, 0.25) is 0 Å². The largest absolute Gasteiger partial charge is 0.345 e. The number of rotatable bonds is 8. The monoisotopic (exact) mass is 469 g/mol. The van der Waals surface area contributed by atoms with Crippen molar-refractivity contribution in [3.8, 4) is 0 Å². The van der Waals surface area contributed by atoms with Gasteiger partial charge in [-0.25, -0.2) is 0 Å². The van der Waals surface area contributed by atoms with Crippen molar-refractivity contribution in [1.82, 2.24) is 34.8 Å². The van der Waals surface area contributed by atoms with Crippen molar-refractivity contribution in [3.05, 3.63) is 100 Å². The summed E-state index contributed by atoms with van der Waals surface area (Å²) < 4.78 is 3.91. The molecule has 1 N–H and O–H groups in total. The first-order valence-corrected chi connectivity index (χ1v) is 12.1. The van der Waals surface area contributed by atoms with Crippen molar-refractivity contribution < 1.29 is 4.79 Å². The lowest BCUT2D eigenvalue weighted by molar-refractivity contribution is 0.0942. The molecule has 0 fully saturated rings. The van der Waals surface area contributed by atoms with Gasteiger partial charge in [-0.1, -0.05) is 36.4 Å². The number of aryl methyl sites for hydroxylation is 4. The van der Waals surface area contributed by atoms with E-state index in [4.69, 9.17) is 5.10 Å². The molecule has 0 spiro atoms. The van der Waals surface area contributed by atoms with Crippen LogP contribution in [0.1, 0.15) is 44.3 Å². The summed E-state index contributed by atoms with van der Waals surface area (Å²) in [5.41, 5.74) is 7.08. The number of aromatic nitrogens is 5. The van der Waals surface area contributed by atoms with Crippen molar-refractivity contribution in [2.75, 3.05) is 6.54 Å². The van der Waals surface area contributed by atoms with Gasteiger partial charge in [0.15, 0.2) is 5.69 Å². The van der Waals surface area contributed by atoms with E-state index in [1.54, 1.807) is 6.20 Å². The van der Waals surface area contributed by atoms with Gasteiger partial charge < -0.3 is 5.32 Å². The number of pyridine rings is 1. The van der Waals surface area contributed by atoms with Crippen LogP contribution in [-0.4, -0.2) is 41.9 Å². The Morgan fingerprint density at radius 2 is 1.91 bits per heavy atom. The summed E-state index contributed by atoms with van der Waals surface area (Å²) in [5, 5.41) is 12.3. The summed E-state index contributed by atoms with van der Waals surface area (Å²) in [6, 6.07) is 16.1. The molecule has 0 unspecified atom stereocenters. The molecule has 4 heterocycles. The van der Waals surface area contributed by atoms with E-state index < -0.39 is 0 Å². The van der Waals surface area contributed by atoms with Crippen LogP contribution >= 0.6 is 0 Å². The lowest BCUT2D eigenvalue weighted by atomic mass is 10.0. The van der Waals surface area contributed by atoms with Crippen molar-refractivity contribution in [3.63, 3.8) is 0 Å². The number of nitrogens with one attached hydrogen (secondary N) is 1. The van der Waals surface area contributed by atoms with Gasteiger partial charge in [0.1, 0.15) is 0 Å². The fourth-order valence-corrected chi connectivity index (χ4v) is 4.73. The van der Waals surface area contributed by atoms with Crippen LogP contribution in [0.5, 0.6) is 0 Å². The van der Waals surface area contributed by atoms with E-state index >= 15 is 0 Å². The minimum absolute atomic E-state index is 0.148. The summed E-state index contributed by atoms with van der Waals surface area (Å²) in [7, 11) is 1.95. The first-order chi connectivity index (χ1) is 17.1. The van der Waals surface area contributed by atoms with Gasteiger partial charge in [-0.15, -0.1) is 0 Å². The number of nitrogens with zero attached hydrogens (tertiary/aromatic N) is 6. The Morgan fingerprint density at radius 1 is 1.09 bits per heavy atom. The second-order valence-electron chi connectivity index (χ2n) is 9.11. The Labute approximate surface area is 205 Å². The van der Waals surface area contributed by atoms with Gasteiger partial charge in [0.05, 0.1) is 17.9 Å². The molecule has 8 heteroatoms. The van der Waals surface area contributed by atoms with Crippen LogP contribution in [0.25, 0.3) is 0 Å². The van der Waals surface area contributed by atoms with Crippen LogP contribution < -0.4 is 5.32 Å². The first kappa shape index (κ1) is 23.0. The number of benzene rings is 1. The molecule has 0 saturated carbocycles. The fourth-order valence-electron chi connectivity index (χ4n) is 4.73. The Hall–Kier alpha value is -3.78. The predicted octanol–water partition coefficient (Wildman–Crippen LogP) is 3.05. The van der Waals surface area contributed by atoms with E-state index in [9.17, 15) is 4.79 Å². The Bertz CT molecular complexity index is 1290. The van der Waals surface area contributed by atoms with Gasteiger partial charge >= 0.3 is 0 Å². The zero-order valence-corrected chi connectivity index (χ0v) is 20.3. The SMILES string of the molecule is Cc1nn(C)cc1CN1CCc2c(c(C(=O)NCc3ccccn3)nn2CCc2ccccc2)C1. The predicted molar refractivity (Wildman–Crippen MR) is 134 cm³/mol. The average molecular weight is 470 g/mol. The zero-order chi connectivity index (χ0) is 24.2. The highest BCUT2D eigenvalue weighted by Crippen LogP contribution is 2.25. The number of hydrogen-bond donors (Lipinski definition) is 1. The number of fused-ring (bicyclic) bond motifs is 1. The summed E-state index contributed by atoms with van der Waals surface area (Å²) >= 11 is 0. The lowest BCUT2D eigenvalue weighted by Crippen LogP contribution is -2.32. The molecule has 1 aromatic carbocycles. The van der Waals surface area contributed by atoms with Crippen LogP contribution in [0.15, 0.2) is 60.9 Å². The first-order valence-electron chi connectivity index (χ1n) is 12.1. The molecule has 0 bridgehead atoms. The molecule has 3 aromatic heterocycles. The van der Waals surface area contributed by atoms with E-state index in [2.05, 4.69) is 50.8 Å². The molecule has 5 rings (SSSR count). The van der Waals surface area contributed by atoms with E-state index in [0.29, 0.717) is 18.8 Å². The Kier molecular flexibility index (Phi) is 6.72. The highest BCUT2D eigenvalue weighted by Gasteiger charge is 2.28. The van der Waals surface area contributed by atoms with E-state index in [1.807, 2.05) is 47.6 Å². The third-order valence-electron chi connectivity index (χ3n) is 6.55. The Morgan fingerprint density at radius 3 is 2.66 bits per heavy atom. The van der Waals surface area contributed by atoms with Crippen molar-refractivity contribution >= 4 is 5.91 Å². The molecule has 1 aliphatic heterocycles. The quantitative estimate of drug-likeness (QED) is 0.429. The molecule has 1 aliphatic rings. The second-order valence-corrected chi connectivity index (χ2v) is 9.11. The van der Waals surface area contributed by atoms with Crippen LogP contribution in [-0.2, 0) is 46.1 Å². The Balaban J connectivity index is 1.37. The maximum absolute atomic E-state index is 13.3. The molecule has 4 aromatic rings. The van der Waals surface area contributed by atoms with Gasteiger partial charge in [0.25, 0.3) is 5.91 Å². The smallest absolute Gasteiger partial charge is 0.272 e. The summed E-state index contributed by atoms with van der Waals surface area (Å²) in [6.07, 6.45) is 5.56. The van der Waals surface area contributed by atoms with Crippen molar-refractivity contribution in [2.24, 2.45) is 7.05 Å². The molecular formula is C27H31N7O. The summed E-state index contributed by atoms with van der Waals surface area (Å²) in [5.74, 6) is -0.148. The van der Waals surface area contributed by atoms with Gasteiger partial charge in [0, 0.05) is 68.9 Å². The highest BCUT2D eigenvalue weighted by molar-refractivity contribution is 5.94. The maximum Gasteiger partial charge on any atom is 0.272 e. The molecule has 1 amide bonds. The summed E-state index contributed by atoms with van der Waals surface area (Å²) in [4.78, 5) is 19.9. The molecule has 0 aliphatic carbocycles. The van der Waals surface area contributed by atoms with E-state index in [1.165, 1.54) is 16.8 Å². The minimum atomic E-state index is -0.148. The van der Waals surface area contributed by atoms with Crippen LogP contribution in [0.3, 0.4) is 0 Å². The molecule has 0 saturated heterocycles. The van der Waals surface area contributed by atoms with Crippen LogP contribution in [0.4, 0.5) is 0 Å². The lowest BCUT2D eigenvalue weighted by Gasteiger charge is -2.27. The number of hydrogen-bond acceptors (Lipinski definition) is 5. The second kappa shape index (κ2) is 10.2. The topological polar surface area (TPSA) is 80.9 Å². The molecule has 0 atom stereocenters. The number of carbonyl (C=O) groups excluding carboxylic acids is 1. The summed E-state index contributed by atoms with van der Waals surface area (Å²) in [6.45, 7) is 5.60. The average Bonchev–Trinajstić information content (AvgIpc) is 3.40. The van der Waals surface area contributed by atoms with E-state index in [0.717, 1.165) is 49.4 Å². The van der Waals surface area contributed by atoms with Crippen LogP contribution in [0, 0.1) is 6.92 Å². The van der Waals surface area contributed by atoms with Gasteiger partial charge in [-0.2, -0.15) is 10.2 Å². The zero-order valence-electron chi connectivity index (χ0n) is 20.3. The molecule has 0 radical (unpaired) electrons. The fraction of sp³-hybridized carbons (Fsp3) is 0.333. The molecule has 35 heavy (non-hydrogen) atoms. The minimum Gasteiger partial charge on any atom is -0.345 e. The molecule has 8 nitrogen and oxygen atoms in total. The standard InChI is InChI=1S/C27H31N7O/c1-20-22(17-32(2)30-20)18-33-14-12-25-24(19-33)26(27(35)29-16-23-10-6-7-13-28-23)31-34(25)15-11-21-8-4-3-5-9-21/h3-10,13,17H,11-12,14-16,18-19H2,1-2H3,(H,29,35).